The van der Waals surface area contributed by atoms with Crippen LogP contribution in [0.5, 0.6) is 0 Å². The molecule has 0 aliphatic rings. The minimum Gasteiger partial charge on any atom is -0.207 e. The van der Waals surface area contributed by atoms with Crippen molar-refractivity contribution in [1.82, 2.24) is 0 Å². The van der Waals surface area contributed by atoms with Gasteiger partial charge in [0.25, 0.3) is 0 Å². The maximum atomic E-state index is 12.2. The van der Waals surface area contributed by atoms with E-state index in [9.17, 15) is 22.0 Å². The molecule has 0 aromatic heterocycles. The van der Waals surface area contributed by atoms with Crippen LogP contribution >= 0.6 is 11.6 Å². The van der Waals surface area contributed by atoms with Crippen molar-refractivity contribution in [2.24, 2.45) is 0 Å². The van der Waals surface area contributed by atoms with E-state index in [-0.39, 0.29) is 5.02 Å². The first-order chi connectivity index (χ1) is 8.40. The minimum atomic E-state index is -1.16. The second kappa shape index (κ2) is 6.35. The first-order valence-electron chi connectivity index (χ1n) is 4.61. The molecule has 0 fully saturated rings. The lowest BCUT2D eigenvalue weighted by molar-refractivity contribution is 0.495. The lowest BCUT2D eigenvalue weighted by Gasteiger charge is -1.90. The Bertz CT molecular complexity index is 492. The minimum absolute atomic E-state index is 0.0589. The van der Waals surface area contributed by atoms with Crippen LogP contribution in [0.4, 0.5) is 22.0 Å². The summed E-state index contributed by atoms with van der Waals surface area (Å²) in [7, 11) is 0. The molecule has 2 aromatic rings. The molecule has 0 bridgehead atoms. The number of hydrogen-bond donors (Lipinski definition) is 0. The number of halogens is 6. The quantitative estimate of drug-likeness (QED) is 0.484. The molecule has 0 spiro atoms. The molecule has 0 aliphatic heterocycles. The van der Waals surface area contributed by atoms with Crippen molar-refractivity contribution in [3.8, 4) is 0 Å². The van der Waals surface area contributed by atoms with Gasteiger partial charge in [-0.25, -0.2) is 22.0 Å². The fourth-order valence-electron chi connectivity index (χ4n) is 0.941. The first-order valence-corrected chi connectivity index (χ1v) is 4.99. The van der Waals surface area contributed by atoms with Gasteiger partial charge in [0.1, 0.15) is 17.5 Å². The van der Waals surface area contributed by atoms with Gasteiger partial charge in [-0.05, 0) is 24.3 Å². The molecule has 0 radical (unpaired) electrons. The fourth-order valence-corrected chi connectivity index (χ4v) is 1.06. The van der Waals surface area contributed by atoms with E-state index in [0.717, 1.165) is 24.3 Å². The Hall–Kier alpha value is -1.62. The zero-order valence-electron chi connectivity index (χ0n) is 8.73. The van der Waals surface area contributed by atoms with Gasteiger partial charge in [0.15, 0.2) is 11.6 Å². The largest absolute Gasteiger partial charge is 0.207 e. The normalized spacial score (nSPS) is 9.67. The van der Waals surface area contributed by atoms with Gasteiger partial charge in [-0.1, -0.05) is 11.6 Å². The molecule has 0 unspecified atom stereocenters. The Morgan fingerprint density at radius 1 is 0.611 bits per heavy atom. The fraction of sp³-hybridized carbons (Fsp3) is 0. The lowest BCUT2D eigenvalue weighted by Crippen LogP contribution is -1.83. The van der Waals surface area contributed by atoms with Crippen LogP contribution in [0, 0.1) is 29.1 Å². The zero-order chi connectivity index (χ0) is 13.7. The van der Waals surface area contributed by atoms with Crippen molar-refractivity contribution in [2.45, 2.75) is 0 Å². The van der Waals surface area contributed by atoms with Gasteiger partial charge < -0.3 is 0 Å². The molecule has 0 saturated heterocycles. The molecule has 96 valence electrons. The molecule has 0 heterocycles. The Balaban J connectivity index is 0.000000180. The summed E-state index contributed by atoms with van der Waals surface area (Å²) >= 11 is 5.24. The van der Waals surface area contributed by atoms with Crippen LogP contribution in [0.15, 0.2) is 36.4 Å². The Morgan fingerprint density at radius 3 is 1.50 bits per heavy atom. The van der Waals surface area contributed by atoms with Crippen LogP contribution in [0.2, 0.25) is 5.02 Å². The van der Waals surface area contributed by atoms with Crippen molar-refractivity contribution in [3.05, 3.63) is 70.5 Å². The van der Waals surface area contributed by atoms with E-state index >= 15 is 0 Å². The lowest BCUT2D eigenvalue weighted by atomic mass is 10.3. The van der Waals surface area contributed by atoms with Gasteiger partial charge in [-0.2, -0.15) is 0 Å². The highest BCUT2D eigenvalue weighted by Crippen LogP contribution is 2.13. The van der Waals surface area contributed by atoms with E-state index < -0.39 is 29.1 Å². The molecule has 0 saturated carbocycles. The molecule has 0 amide bonds. The van der Waals surface area contributed by atoms with Gasteiger partial charge in [0.05, 0.1) is 5.02 Å². The van der Waals surface area contributed by atoms with E-state index in [2.05, 4.69) is 0 Å². The van der Waals surface area contributed by atoms with E-state index in [1.807, 2.05) is 0 Å². The third-order valence-corrected chi connectivity index (χ3v) is 2.07. The van der Waals surface area contributed by atoms with Crippen LogP contribution in [0.1, 0.15) is 0 Å². The summed E-state index contributed by atoms with van der Waals surface area (Å²) in [5, 5.41) is -0.0589. The molecule has 0 nitrogen and oxygen atoms in total. The van der Waals surface area contributed by atoms with Crippen LogP contribution in [-0.4, -0.2) is 0 Å². The molecular formula is C12H6ClF5. The van der Waals surface area contributed by atoms with Gasteiger partial charge in [0, 0.05) is 12.1 Å². The molecular weight excluding hydrogens is 275 g/mol. The summed E-state index contributed by atoms with van der Waals surface area (Å²) in [5.41, 5.74) is 0. The van der Waals surface area contributed by atoms with Gasteiger partial charge in [0.2, 0.25) is 0 Å². The highest BCUT2D eigenvalue weighted by atomic mass is 35.5. The molecule has 0 N–H and O–H groups in total. The number of benzene rings is 2. The predicted molar refractivity (Wildman–Crippen MR) is 57.7 cm³/mol. The molecule has 0 aliphatic carbocycles. The molecule has 0 atom stereocenters. The Kier molecular flexibility index (Phi) is 5.09. The van der Waals surface area contributed by atoms with Gasteiger partial charge in [-0.3, -0.25) is 0 Å². The van der Waals surface area contributed by atoms with Crippen LogP contribution in [0.25, 0.3) is 0 Å². The van der Waals surface area contributed by atoms with Crippen LogP contribution < -0.4 is 0 Å². The average molecular weight is 281 g/mol. The van der Waals surface area contributed by atoms with E-state index in [0.29, 0.717) is 6.07 Å². The van der Waals surface area contributed by atoms with Gasteiger partial charge >= 0.3 is 0 Å². The summed E-state index contributed by atoms with van der Waals surface area (Å²) in [6.07, 6.45) is 0. The predicted octanol–water partition coefficient (Wildman–Crippen LogP) is 4.72. The highest BCUT2D eigenvalue weighted by molar-refractivity contribution is 6.30. The summed E-state index contributed by atoms with van der Waals surface area (Å²) in [6, 6.07) is 5.11. The molecule has 2 rings (SSSR count). The summed E-state index contributed by atoms with van der Waals surface area (Å²) < 4.78 is 60.1. The van der Waals surface area contributed by atoms with E-state index in [1.54, 1.807) is 0 Å². The summed E-state index contributed by atoms with van der Waals surface area (Å²) in [6.45, 7) is 0. The second-order valence-corrected chi connectivity index (χ2v) is 3.52. The zero-order valence-corrected chi connectivity index (χ0v) is 9.49. The second-order valence-electron chi connectivity index (χ2n) is 3.12. The third-order valence-electron chi connectivity index (χ3n) is 1.76. The smallest absolute Gasteiger partial charge is 0.161 e. The number of hydrogen-bond acceptors (Lipinski definition) is 0. The van der Waals surface area contributed by atoms with Crippen molar-refractivity contribution in [2.75, 3.05) is 0 Å². The maximum Gasteiger partial charge on any atom is 0.161 e. The highest BCUT2D eigenvalue weighted by Gasteiger charge is 2.00. The van der Waals surface area contributed by atoms with Crippen molar-refractivity contribution >= 4 is 11.6 Å². The van der Waals surface area contributed by atoms with Crippen molar-refractivity contribution in [3.63, 3.8) is 0 Å². The van der Waals surface area contributed by atoms with E-state index in [4.69, 9.17) is 11.6 Å². The monoisotopic (exact) mass is 280 g/mol. The van der Waals surface area contributed by atoms with Crippen molar-refractivity contribution in [1.29, 1.82) is 0 Å². The molecule has 18 heavy (non-hydrogen) atoms. The average Bonchev–Trinajstić information content (AvgIpc) is 2.30. The molecule has 2 aromatic carbocycles. The van der Waals surface area contributed by atoms with Crippen LogP contribution in [0.3, 0.4) is 0 Å². The number of rotatable bonds is 0. The van der Waals surface area contributed by atoms with Crippen LogP contribution in [-0.2, 0) is 0 Å². The summed E-state index contributed by atoms with van der Waals surface area (Å²) in [4.78, 5) is 0. The summed E-state index contributed by atoms with van der Waals surface area (Å²) in [5.74, 6) is -4.30. The Labute approximate surface area is 105 Å². The topological polar surface area (TPSA) is 0 Å². The van der Waals surface area contributed by atoms with Gasteiger partial charge in [-0.15, -0.1) is 0 Å². The van der Waals surface area contributed by atoms with Crippen molar-refractivity contribution < 1.29 is 22.0 Å². The third kappa shape index (κ3) is 4.33. The Morgan fingerprint density at radius 2 is 1.11 bits per heavy atom. The molecule has 6 heteroatoms. The maximum absolute atomic E-state index is 12.2. The SMILES string of the molecule is Fc1ccc(Cl)c(F)c1.Fc1ccc(F)c(F)c1. The standard InChI is InChI=1S/C6H3ClF2.C6H3F3/c7-5-2-1-4(8)3-6(5)9;7-4-1-2-5(8)6(9)3-4/h2*1-3H. The van der Waals surface area contributed by atoms with E-state index in [1.165, 1.54) is 6.07 Å². The first kappa shape index (κ1) is 14.4.